The second-order valence-corrected chi connectivity index (χ2v) is 10.8. The third-order valence-corrected chi connectivity index (χ3v) is 6.95. The van der Waals surface area contributed by atoms with Gasteiger partial charge in [-0.1, -0.05) is 32.4 Å². The first-order valence-electron chi connectivity index (χ1n) is 11.1. The molecule has 0 saturated carbocycles. The number of primary amides is 1. The van der Waals surface area contributed by atoms with E-state index in [0.717, 1.165) is 0 Å². The summed E-state index contributed by atoms with van der Waals surface area (Å²) < 4.78 is 0. The molecule has 0 heterocycles. The Balaban J connectivity index is 1.88. The number of hydrogen-bond acceptors (Lipinski definition) is 8. The van der Waals surface area contributed by atoms with Gasteiger partial charge >= 0.3 is 0 Å². The number of nitrogens with one attached hydrogen (secondary N) is 1. The van der Waals surface area contributed by atoms with Crippen molar-refractivity contribution in [3.8, 4) is 11.5 Å². The molecular formula is C25H27ClN2O7. The molecule has 4 rings (SSSR count). The largest absolute Gasteiger partial charge is 0.508 e. The number of rotatable bonds is 4. The van der Waals surface area contributed by atoms with E-state index in [1.165, 1.54) is 6.07 Å². The summed E-state index contributed by atoms with van der Waals surface area (Å²) in [7, 11) is 0. The van der Waals surface area contributed by atoms with E-state index in [1.54, 1.807) is 6.07 Å². The molecule has 7 N–H and O–H groups in total. The fraction of sp³-hybridized carbons (Fsp3) is 0.400. The normalized spacial score (nSPS) is 22.4. The lowest BCUT2D eigenvalue weighted by Gasteiger charge is -2.41. The highest BCUT2D eigenvalue weighted by Gasteiger charge is 2.57. The van der Waals surface area contributed by atoms with Gasteiger partial charge in [-0.3, -0.25) is 14.4 Å². The number of carbonyl (C=O) groups is 3. The van der Waals surface area contributed by atoms with Crippen LogP contribution in [0.5, 0.6) is 11.5 Å². The van der Waals surface area contributed by atoms with Crippen molar-refractivity contribution in [2.24, 2.45) is 17.1 Å². The average Bonchev–Trinajstić information content (AvgIpc) is 2.73. The van der Waals surface area contributed by atoms with Crippen molar-refractivity contribution in [3.05, 3.63) is 45.2 Å². The molecule has 9 nitrogen and oxygen atoms in total. The first kappa shape index (κ1) is 25.0. The maximum atomic E-state index is 13.5. The highest BCUT2D eigenvalue weighted by molar-refractivity contribution is 6.36. The van der Waals surface area contributed by atoms with E-state index in [4.69, 9.17) is 17.3 Å². The summed E-state index contributed by atoms with van der Waals surface area (Å²) in [6.07, 6.45) is -0.477. The highest BCUT2D eigenvalue weighted by Crippen LogP contribution is 2.50. The second-order valence-electron chi connectivity index (χ2n) is 10.4. The minimum absolute atomic E-state index is 0.0173. The zero-order chi connectivity index (χ0) is 26.0. The Bertz CT molecular complexity index is 1340. The van der Waals surface area contributed by atoms with Crippen LogP contribution in [0.3, 0.4) is 0 Å². The minimum Gasteiger partial charge on any atom is -0.508 e. The maximum absolute atomic E-state index is 13.5. The molecule has 0 aromatic heterocycles. The molecule has 0 aliphatic heterocycles. The average molecular weight is 503 g/mol. The third kappa shape index (κ3) is 3.84. The van der Waals surface area contributed by atoms with Crippen LogP contribution in [0.15, 0.2) is 23.5 Å². The van der Waals surface area contributed by atoms with E-state index in [1.807, 2.05) is 20.8 Å². The number of phenolic OH excluding ortho intramolecular Hbond substituents is 2. The molecule has 2 aliphatic rings. The summed E-state index contributed by atoms with van der Waals surface area (Å²) in [4.78, 5) is 37.6. The molecule has 0 radical (unpaired) electrons. The van der Waals surface area contributed by atoms with Crippen molar-refractivity contribution in [2.45, 2.75) is 45.8 Å². The van der Waals surface area contributed by atoms with Crippen LogP contribution in [-0.2, 0) is 22.6 Å². The molecular weight excluding hydrogens is 476 g/mol. The predicted molar refractivity (Wildman–Crippen MR) is 128 cm³/mol. The van der Waals surface area contributed by atoms with Crippen LogP contribution >= 0.6 is 11.6 Å². The summed E-state index contributed by atoms with van der Waals surface area (Å²) in [5.41, 5.74) is 2.07. The first-order valence-corrected chi connectivity index (χ1v) is 11.5. The number of amides is 1. The number of benzene rings is 2. The monoisotopic (exact) mass is 502 g/mol. The minimum atomic E-state index is -2.62. The summed E-state index contributed by atoms with van der Waals surface area (Å²) in [6.45, 7) is 7.00. The van der Waals surface area contributed by atoms with E-state index in [-0.39, 0.29) is 51.1 Å². The predicted octanol–water partition coefficient (Wildman–Crippen LogP) is 2.40. The number of nitrogens with two attached hydrogens (primary N) is 1. The van der Waals surface area contributed by atoms with Gasteiger partial charge in [0.15, 0.2) is 11.4 Å². The molecule has 2 aromatic carbocycles. The number of carbonyl (C=O) groups excluding carboxylic acids is 3. The number of aromatic hydroxyl groups is 2. The van der Waals surface area contributed by atoms with Crippen LogP contribution in [0.1, 0.15) is 48.7 Å². The number of hydrogen-bond donors (Lipinski definition) is 6. The summed E-state index contributed by atoms with van der Waals surface area (Å²) >= 11 is 6.48. The van der Waals surface area contributed by atoms with Gasteiger partial charge in [-0.25, -0.2) is 0 Å². The fourth-order valence-corrected chi connectivity index (χ4v) is 5.23. The van der Waals surface area contributed by atoms with Gasteiger partial charge in [-0.2, -0.15) is 0 Å². The van der Waals surface area contributed by atoms with Crippen molar-refractivity contribution < 1.29 is 34.8 Å². The molecule has 10 heteroatoms. The number of ketones is 2. The number of halogens is 1. The third-order valence-electron chi connectivity index (χ3n) is 6.64. The summed E-state index contributed by atoms with van der Waals surface area (Å²) in [5.74, 6) is -6.25. The van der Waals surface area contributed by atoms with Crippen LogP contribution in [0.4, 0.5) is 0 Å². The van der Waals surface area contributed by atoms with E-state index in [2.05, 4.69) is 5.32 Å². The SMILES string of the molecule is CC(C)(C)CNCc1cc(Cl)c2cc3c(c(O)c2c1O)C(=O)[C@]1(O)C(O)=C(C(N)=O)C(=O)C[C@@H]1C3. The lowest BCUT2D eigenvalue weighted by molar-refractivity contribution is -0.125. The standard InChI is InChI=1S/C25H27ClN2O7/c1-24(2,3)9-28-8-11-6-14(26)13-5-10-4-12-7-15(29)18(23(27)34)22(33)25(12,35)21(32)16(10)20(31)17(13)19(11)30/h5-6,12,28,30-31,33,35H,4,7-9H2,1-3H3,(H2,27,34)/t12-,25-/m0/s1. The zero-order valence-corrected chi connectivity index (χ0v) is 20.3. The van der Waals surface area contributed by atoms with E-state index in [9.17, 15) is 34.8 Å². The van der Waals surface area contributed by atoms with Crippen LogP contribution in [-0.4, -0.2) is 50.0 Å². The topological polar surface area (TPSA) is 170 Å². The molecule has 35 heavy (non-hydrogen) atoms. The number of Topliss-reactive ketones (excluding diaryl/α,β-unsaturated/α-hetero) is 2. The van der Waals surface area contributed by atoms with Gasteiger partial charge in [0.1, 0.15) is 22.8 Å². The maximum Gasteiger partial charge on any atom is 0.255 e. The van der Waals surface area contributed by atoms with Crippen molar-refractivity contribution in [3.63, 3.8) is 0 Å². The highest BCUT2D eigenvalue weighted by atomic mass is 35.5. The number of aliphatic hydroxyl groups excluding tert-OH is 1. The number of aliphatic hydroxyl groups is 2. The van der Waals surface area contributed by atoms with E-state index >= 15 is 0 Å². The lowest BCUT2D eigenvalue weighted by atomic mass is 9.64. The molecule has 2 aliphatic carbocycles. The van der Waals surface area contributed by atoms with Gasteiger partial charge < -0.3 is 31.5 Å². The molecule has 2 atom stereocenters. The Hall–Kier alpha value is -3.14. The van der Waals surface area contributed by atoms with Crippen molar-refractivity contribution in [2.75, 3.05) is 6.54 Å². The van der Waals surface area contributed by atoms with Gasteiger partial charge in [0, 0.05) is 41.4 Å². The molecule has 186 valence electrons. The van der Waals surface area contributed by atoms with Crippen molar-refractivity contribution >= 4 is 39.8 Å². The smallest absolute Gasteiger partial charge is 0.255 e. The van der Waals surface area contributed by atoms with E-state index < -0.39 is 52.5 Å². The van der Waals surface area contributed by atoms with Crippen LogP contribution < -0.4 is 11.1 Å². The van der Waals surface area contributed by atoms with Crippen molar-refractivity contribution in [1.82, 2.24) is 5.32 Å². The van der Waals surface area contributed by atoms with Gasteiger partial charge in [0.05, 0.1) is 10.9 Å². The Morgan fingerprint density at radius 2 is 1.83 bits per heavy atom. The Morgan fingerprint density at radius 1 is 1.17 bits per heavy atom. The Morgan fingerprint density at radius 3 is 2.43 bits per heavy atom. The zero-order valence-electron chi connectivity index (χ0n) is 19.5. The van der Waals surface area contributed by atoms with Crippen LogP contribution in [0.2, 0.25) is 5.02 Å². The Labute approximate surface area is 206 Å². The lowest BCUT2D eigenvalue weighted by Crippen LogP contribution is -2.56. The molecule has 0 bridgehead atoms. The quantitative estimate of drug-likeness (QED) is 0.346. The van der Waals surface area contributed by atoms with Gasteiger partial charge in [0.2, 0.25) is 5.78 Å². The molecule has 0 fully saturated rings. The molecule has 0 saturated heterocycles. The Kier molecular flexibility index (Phi) is 5.86. The van der Waals surface area contributed by atoms with Gasteiger partial charge in [-0.15, -0.1) is 0 Å². The van der Waals surface area contributed by atoms with Crippen LogP contribution in [0, 0.1) is 11.3 Å². The van der Waals surface area contributed by atoms with Gasteiger partial charge in [0.25, 0.3) is 5.91 Å². The molecule has 2 aromatic rings. The van der Waals surface area contributed by atoms with Crippen molar-refractivity contribution in [1.29, 1.82) is 0 Å². The second kappa shape index (κ2) is 8.22. The summed E-state index contributed by atoms with van der Waals surface area (Å²) in [6, 6.07) is 3.09. The number of phenols is 2. The number of fused-ring (bicyclic) bond motifs is 3. The fourth-order valence-electron chi connectivity index (χ4n) is 4.94. The molecule has 1 amide bonds. The first-order chi connectivity index (χ1) is 16.2. The van der Waals surface area contributed by atoms with Crippen LogP contribution in [0.25, 0.3) is 10.8 Å². The van der Waals surface area contributed by atoms with Gasteiger partial charge in [-0.05, 0) is 29.5 Å². The van der Waals surface area contributed by atoms with E-state index in [0.29, 0.717) is 12.1 Å². The summed E-state index contributed by atoms with van der Waals surface area (Å²) in [5, 5.41) is 47.6. The molecule has 0 unspecified atom stereocenters. The molecule has 0 spiro atoms.